The molecule has 3 aromatic rings. The van der Waals surface area contributed by atoms with E-state index in [0.29, 0.717) is 21.8 Å². The first-order valence-electron chi connectivity index (χ1n) is 6.95. The summed E-state index contributed by atoms with van der Waals surface area (Å²) in [7, 11) is 0. The van der Waals surface area contributed by atoms with Gasteiger partial charge in [-0.2, -0.15) is 5.10 Å². The zero-order chi connectivity index (χ0) is 16.2. The molecule has 3 rings (SSSR count). The maximum absolute atomic E-state index is 13.6. The van der Waals surface area contributed by atoms with E-state index in [1.165, 1.54) is 12.3 Å². The second-order valence-electron chi connectivity index (χ2n) is 4.95. The summed E-state index contributed by atoms with van der Waals surface area (Å²) in [5.74, 6) is -0.606. The Balaban J connectivity index is 1.72. The van der Waals surface area contributed by atoms with E-state index in [1.807, 2.05) is 0 Å². The molecule has 6 heteroatoms. The van der Waals surface area contributed by atoms with Crippen LogP contribution < -0.4 is 5.32 Å². The Labute approximate surface area is 137 Å². The van der Waals surface area contributed by atoms with Crippen molar-refractivity contribution in [1.29, 1.82) is 0 Å². The molecular formula is C17H13ClFN3O. The molecule has 23 heavy (non-hydrogen) atoms. The van der Waals surface area contributed by atoms with Crippen LogP contribution >= 0.6 is 11.6 Å². The van der Waals surface area contributed by atoms with Gasteiger partial charge in [0.25, 0.3) is 5.91 Å². The van der Waals surface area contributed by atoms with Gasteiger partial charge in [0.15, 0.2) is 0 Å². The molecule has 0 bridgehead atoms. The summed E-state index contributed by atoms with van der Waals surface area (Å²) in [5, 5.41) is 7.22. The first-order chi connectivity index (χ1) is 11.1. The summed E-state index contributed by atoms with van der Waals surface area (Å²) in [6.07, 6.45) is 3.15. The number of rotatable bonds is 4. The van der Waals surface area contributed by atoms with Crippen molar-refractivity contribution in [3.8, 4) is 0 Å². The first kappa shape index (κ1) is 15.2. The Morgan fingerprint density at radius 2 is 1.91 bits per heavy atom. The molecule has 116 valence electrons. The minimum absolute atomic E-state index is 0.286. The number of anilines is 1. The molecule has 0 unspecified atom stereocenters. The SMILES string of the molecule is O=C(Nc1cnn(Cc2ccccc2F)c1)c1ccccc1Cl. The van der Waals surface area contributed by atoms with Crippen LogP contribution in [0, 0.1) is 5.82 Å². The maximum Gasteiger partial charge on any atom is 0.257 e. The lowest BCUT2D eigenvalue weighted by Gasteiger charge is -2.04. The van der Waals surface area contributed by atoms with E-state index in [4.69, 9.17) is 11.6 Å². The fourth-order valence-corrected chi connectivity index (χ4v) is 2.38. The predicted molar refractivity (Wildman–Crippen MR) is 87.1 cm³/mol. The maximum atomic E-state index is 13.6. The van der Waals surface area contributed by atoms with Gasteiger partial charge in [-0.1, -0.05) is 41.9 Å². The molecule has 0 saturated heterocycles. The molecular weight excluding hydrogens is 317 g/mol. The van der Waals surface area contributed by atoms with Crippen molar-refractivity contribution in [3.63, 3.8) is 0 Å². The van der Waals surface area contributed by atoms with Gasteiger partial charge < -0.3 is 5.32 Å². The van der Waals surface area contributed by atoms with Crippen molar-refractivity contribution in [2.45, 2.75) is 6.54 Å². The van der Waals surface area contributed by atoms with Crippen molar-refractivity contribution in [1.82, 2.24) is 9.78 Å². The lowest BCUT2D eigenvalue weighted by atomic mass is 10.2. The van der Waals surface area contributed by atoms with E-state index in [-0.39, 0.29) is 18.3 Å². The third-order valence-electron chi connectivity index (χ3n) is 3.30. The van der Waals surface area contributed by atoms with Crippen molar-refractivity contribution in [2.75, 3.05) is 5.32 Å². The summed E-state index contributed by atoms with van der Waals surface area (Å²) in [4.78, 5) is 12.2. The van der Waals surface area contributed by atoms with E-state index in [1.54, 1.807) is 53.3 Å². The van der Waals surface area contributed by atoms with Crippen LogP contribution in [0.2, 0.25) is 5.02 Å². The molecule has 0 atom stereocenters. The summed E-state index contributed by atoms with van der Waals surface area (Å²) in [5.41, 5.74) is 1.43. The van der Waals surface area contributed by atoms with Gasteiger partial charge in [-0.05, 0) is 18.2 Å². The molecule has 4 nitrogen and oxygen atoms in total. The third-order valence-corrected chi connectivity index (χ3v) is 3.63. The van der Waals surface area contributed by atoms with Crippen molar-refractivity contribution in [3.05, 3.63) is 82.9 Å². The smallest absolute Gasteiger partial charge is 0.257 e. The van der Waals surface area contributed by atoms with E-state index in [9.17, 15) is 9.18 Å². The van der Waals surface area contributed by atoms with Gasteiger partial charge in [-0.15, -0.1) is 0 Å². The molecule has 0 saturated carbocycles. The van der Waals surface area contributed by atoms with Gasteiger partial charge >= 0.3 is 0 Å². The number of aromatic nitrogens is 2. The van der Waals surface area contributed by atoms with Crippen molar-refractivity contribution in [2.24, 2.45) is 0 Å². The fourth-order valence-electron chi connectivity index (χ4n) is 2.16. The van der Waals surface area contributed by atoms with E-state index in [2.05, 4.69) is 10.4 Å². The zero-order valence-corrected chi connectivity index (χ0v) is 12.8. The molecule has 2 aromatic carbocycles. The first-order valence-corrected chi connectivity index (χ1v) is 7.33. The highest BCUT2D eigenvalue weighted by Crippen LogP contribution is 2.17. The zero-order valence-electron chi connectivity index (χ0n) is 12.0. The summed E-state index contributed by atoms with van der Waals surface area (Å²) < 4.78 is 15.2. The number of amides is 1. The summed E-state index contributed by atoms with van der Waals surface area (Å²) in [6.45, 7) is 0.286. The van der Waals surface area contributed by atoms with Crippen LogP contribution in [0.4, 0.5) is 10.1 Å². The van der Waals surface area contributed by atoms with Crippen LogP contribution in [0.1, 0.15) is 15.9 Å². The van der Waals surface area contributed by atoms with Gasteiger partial charge in [0, 0.05) is 11.8 Å². The lowest BCUT2D eigenvalue weighted by Crippen LogP contribution is -2.11. The fraction of sp³-hybridized carbons (Fsp3) is 0.0588. The van der Waals surface area contributed by atoms with Crippen molar-refractivity contribution < 1.29 is 9.18 Å². The van der Waals surface area contributed by atoms with Crippen LogP contribution in [-0.2, 0) is 6.54 Å². The standard InChI is InChI=1S/C17H13ClFN3O/c18-15-7-3-2-6-14(15)17(23)21-13-9-20-22(11-13)10-12-5-1-4-8-16(12)19/h1-9,11H,10H2,(H,21,23). The van der Waals surface area contributed by atoms with Crippen LogP contribution in [0.15, 0.2) is 60.9 Å². The molecule has 1 N–H and O–H groups in total. The molecule has 1 amide bonds. The Morgan fingerprint density at radius 1 is 1.17 bits per heavy atom. The van der Waals surface area contributed by atoms with Gasteiger partial charge in [0.05, 0.1) is 29.0 Å². The molecule has 1 heterocycles. The predicted octanol–water partition coefficient (Wildman–Crippen LogP) is 3.98. The molecule has 0 aliphatic heterocycles. The largest absolute Gasteiger partial charge is 0.319 e. The minimum Gasteiger partial charge on any atom is -0.319 e. The minimum atomic E-state index is -0.318. The van der Waals surface area contributed by atoms with E-state index < -0.39 is 0 Å². The summed E-state index contributed by atoms with van der Waals surface area (Å²) in [6, 6.07) is 13.3. The highest BCUT2D eigenvalue weighted by molar-refractivity contribution is 6.34. The third kappa shape index (κ3) is 3.57. The Morgan fingerprint density at radius 3 is 2.70 bits per heavy atom. The molecule has 1 aromatic heterocycles. The highest BCUT2D eigenvalue weighted by atomic mass is 35.5. The van der Waals surface area contributed by atoms with Crippen LogP contribution in [0.3, 0.4) is 0 Å². The van der Waals surface area contributed by atoms with E-state index >= 15 is 0 Å². The van der Waals surface area contributed by atoms with Gasteiger partial charge in [-0.3, -0.25) is 9.48 Å². The number of hydrogen-bond donors (Lipinski definition) is 1. The number of halogens is 2. The average Bonchev–Trinajstić information content (AvgIpc) is 2.97. The van der Waals surface area contributed by atoms with Crippen molar-refractivity contribution >= 4 is 23.2 Å². The normalized spacial score (nSPS) is 10.5. The number of hydrogen-bond acceptors (Lipinski definition) is 2. The number of benzene rings is 2. The van der Waals surface area contributed by atoms with Gasteiger partial charge in [0.1, 0.15) is 5.82 Å². The number of carbonyl (C=O) groups excluding carboxylic acids is 1. The molecule has 0 radical (unpaired) electrons. The average molecular weight is 330 g/mol. The molecule has 0 aliphatic rings. The lowest BCUT2D eigenvalue weighted by molar-refractivity contribution is 0.102. The molecule has 0 spiro atoms. The monoisotopic (exact) mass is 329 g/mol. The van der Waals surface area contributed by atoms with Gasteiger partial charge in [-0.25, -0.2) is 4.39 Å². The number of nitrogens with one attached hydrogen (secondary N) is 1. The Kier molecular flexibility index (Phi) is 4.39. The highest BCUT2D eigenvalue weighted by Gasteiger charge is 2.11. The second kappa shape index (κ2) is 6.62. The topological polar surface area (TPSA) is 46.9 Å². The van der Waals surface area contributed by atoms with Crippen LogP contribution in [0.5, 0.6) is 0 Å². The number of nitrogens with zero attached hydrogens (tertiary/aromatic N) is 2. The summed E-state index contributed by atoms with van der Waals surface area (Å²) >= 11 is 5.99. The Bertz CT molecular complexity index is 847. The van der Waals surface area contributed by atoms with Crippen LogP contribution in [0.25, 0.3) is 0 Å². The second-order valence-corrected chi connectivity index (χ2v) is 5.36. The Hall–Kier alpha value is -2.66. The van der Waals surface area contributed by atoms with Gasteiger partial charge in [0.2, 0.25) is 0 Å². The molecule has 0 aliphatic carbocycles. The number of carbonyl (C=O) groups is 1. The van der Waals surface area contributed by atoms with Crippen LogP contribution in [-0.4, -0.2) is 15.7 Å². The molecule has 0 fully saturated rings. The van der Waals surface area contributed by atoms with E-state index in [0.717, 1.165) is 0 Å². The quantitative estimate of drug-likeness (QED) is 0.787.